The van der Waals surface area contributed by atoms with Gasteiger partial charge < -0.3 is 20.5 Å². The van der Waals surface area contributed by atoms with Gasteiger partial charge in [-0.25, -0.2) is 0 Å². The zero-order valence-corrected chi connectivity index (χ0v) is 15.0. The molecule has 1 aromatic carbocycles. The van der Waals surface area contributed by atoms with Crippen molar-refractivity contribution in [3.05, 3.63) is 23.8 Å². The molecule has 1 amide bonds. The van der Waals surface area contributed by atoms with Crippen LogP contribution in [0.25, 0.3) is 0 Å². The number of amides is 1. The molecule has 0 saturated heterocycles. The predicted octanol–water partition coefficient (Wildman–Crippen LogP) is 2.68. The van der Waals surface area contributed by atoms with E-state index >= 15 is 0 Å². The smallest absolute Gasteiger partial charge is 0.224 e. The van der Waals surface area contributed by atoms with Gasteiger partial charge in [-0.2, -0.15) is 0 Å². The fourth-order valence-electron chi connectivity index (χ4n) is 2.41. The first kappa shape index (κ1) is 19.6. The van der Waals surface area contributed by atoms with Gasteiger partial charge in [0.15, 0.2) is 11.5 Å². The SMILES string of the molecule is CC(C)C(NC(=O)C(C)C(C)N)c1ccc2c(c1)OCCO2.Cl. The number of carbonyl (C=O) groups is 1. The molecule has 0 saturated carbocycles. The molecule has 0 spiro atoms. The van der Waals surface area contributed by atoms with Crippen molar-refractivity contribution in [2.24, 2.45) is 17.6 Å². The van der Waals surface area contributed by atoms with Gasteiger partial charge in [0.25, 0.3) is 0 Å². The molecule has 6 heteroatoms. The molecule has 130 valence electrons. The van der Waals surface area contributed by atoms with Crippen molar-refractivity contribution in [3.8, 4) is 11.5 Å². The van der Waals surface area contributed by atoms with E-state index in [9.17, 15) is 4.79 Å². The van der Waals surface area contributed by atoms with Crippen LogP contribution in [-0.4, -0.2) is 25.2 Å². The fraction of sp³-hybridized carbons (Fsp3) is 0.588. The quantitative estimate of drug-likeness (QED) is 0.862. The molecule has 23 heavy (non-hydrogen) atoms. The van der Waals surface area contributed by atoms with Crippen LogP contribution in [0.2, 0.25) is 0 Å². The number of nitrogens with one attached hydrogen (secondary N) is 1. The maximum Gasteiger partial charge on any atom is 0.224 e. The minimum Gasteiger partial charge on any atom is -0.486 e. The number of nitrogens with two attached hydrogens (primary N) is 1. The van der Waals surface area contributed by atoms with E-state index in [0.717, 1.165) is 17.1 Å². The number of halogens is 1. The molecule has 1 heterocycles. The lowest BCUT2D eigenvalue weighted by molar-refractivity contribution is -0.126. The summed E-state index contributed by atoms with van der Waals surface area (Å²) in [6.45, 7) is 8.98. The molecule has 1 aliphatic rings. The van der Waals surface area contributed by atoms with E-state index < -0.39 is 0 Å². The van der Waals surface area contributed by atoms with Gasteiger partial charge >= 0.3 is 0 Å². The Hall–Kier alpha value is -1.46. The molecule has 1 aromatic rings. The van der Waals surface area contributed by atoms with Crippen LogP contribution >= 0.6 is 12.4 Å². The maximum atomic E-state index is 12.3. The van der Waals surface area contributed by atoms with E-state index in [1.807, 2.05) is 32.0 Å². The molecule has 5 nitrogen and oxygen atoms in total. The topological polar surface area (TPSA) is 73.6 Å². The number of carbonyl (C=O) groups excluding carboxylic acids is 1. The van der Waals surface area contributed by atoms with Crippen molar-refractivity contribution in [2.45, 2.75) is 39.8 Å². The highest BCUT2D eigenvalue weighted by Crippen LogP contribution is 2.34. The maximum absolute atomic E-state index is 12.3. The molecule has 3 N–H and O–H groups in total. The zero-order valence-electron chi connectivity index (χ0n) is 14.2. The Kier molecular flexibility index (Phi) is 7.16. The van der Waals surface area contributed by atoms with Gasteiger partial charge in [0.1, 0.15) is 13.2 Å². The number of hydrogen-bond donors (Lipinski definition) is 2. The molecular formula is C17H27ClN2O3. The molecule has 0 fully saturated rings. The Labute approximate surface area is 144 Å². The van der Waals surface area contributed by atoms with E-state index in [2.05, 4.69) is 19.2 Å². The fourth-order valence-corrected chi connectivity index (χ4v) is 2.41. The van der Waals surface area contributed by atoms with E-state index in [4.69, 9.17) is 15.2 Å². The Morgan fingerprint density at radius 1 is 1.13 bits per heavy atom. The highest BCUT2D eigenvalue weighted by molar-refractivity contribution is 5.85. The van der Waals surface area contributed by atoms with Gasteiger partial charge in [0.05, 0.1) is 6.04 Å². The van der Waals surface area contributed by atoms with Crippen LogP contribution < -0.4 is 20.5 Å². The van der Waals surface area contributed by atoms with Crippen LogP contribution in [0.15, 0.2) is 18.2 Å². The third-order valence-corrected chi connectivity index (χ3v) is 4.09. The average molecular weight is 343 g/mol. The van der Waals surface area contributed by atoms with Gasteiger partial charge in [0.2, 0.25) is 5.91 Å². The lowest BCUT2D eigenvalue weighted by atomic mass is 9.94. The lowest BCUT2D eigenvalue weighted by Crippen LogP contribution is -2.41. The van der Waals surface area contributed by atoms with Crippen molar-refractivity contribution in [3.63, 3.8) is 0 Å². The van der Waals surface area contributed by atoms with Gasteiger partial charge in [-0.05, 0) is 30.5 Å². The van der Waals surface area contributed by atoms with Crippen LogP contribution in [0.1, 0.15) is 39.3 Å². The second-order valence-corrected chi connectivity index (χ2v) is 6.28. The summed E-state index contributed by atoms with van der Waals surface area (Å²) in [6.07, 6.45) is 0. The van der Waals surface area contributed by atoms with Gasteiger partial charge in [-0.15, -0.1) is 12.4 Å². The van der Waals surface area contributed by atoms with Gasteiger partial charge in [0, 0.05) is 12.0 Å². The summed E-state index contributed by atoms with van der Waals surface area (Å²) in [5.41, 5.74) is 6.84. The van der Waals surface area contributed by atoms with E-state index in [1.165, 1.54) is 0 Å². The van der Waals surface area contributed by atoms with Gasteiger partial charge in [-0.3, -0.25) is 4.79 Å². The summed E-state index contributed by atoms with van der Waals surface area (Å²) >= 11 is 0. The lowest BCUT2D eigenvalue weighted by Gasteiger charge is -2.27. The second-order valence-electron chi connectivity index (χ2n) is 6.28. The van der Waals surface area contributed by atoms with Crippen molar-refractivity contribution in [1.29, 1.82) is 0 Å². The largest absolute Gasteiger partial charge is 0.486 e. The zero-order chi connectivity index (χ0) is 16.3. The van der Waals surface area contributed by atoms with E-state index in [-0.39, 0.29) is 42.2 Å². The first-order chi connectivity index (χ1) is 10.4. The molecule has 3 atom stereocenters. The summed E-state index contributed by atoms with van der Waals surface area (Å²) < 4.78 is 11.2. The van der Waals surface area contributed by atoms with E-state index in [0.29, 0.717) is 13.2 Å². The summed E-state index contributed by atoms with van der Waals surface area (Å²) in [7, 11) is 0. The van der Waals surface area contributed by atoms with Crippen LogP contribution in [0, 0.1) is 11.8 Å². The molecule has 3 unspecified atom stereocenters. The number of ether oxygens (including phenoxy) is 2. The molecule has 0 radical (unpaired) electrons. The molecular weight excluding hydrogens is 316 g/mol. The van der Waals surface area contributed by atoms with Crippen LogP contribution in [0.3, 0.4) is 0 Å². The number of rotatable bonds is 5. The number of benzene rings is 1. The number of hydrogen-bond acceptors (Lipinski definition) is 4. The summed E-state index contributed by atoms with van der Waals surface area (Å²) in [6, 6.07) is 5.59. The standard InChI is InChI=1S/C17H26N2O3.ClH/c1-10(2)16(19-17(20)11(3)12(4)18)13-5-6-14-15(9-13)22-8-7-21-14;/h5-6,9-12,16H,7-8,18H2,1-4H3,(H,19,20);1H. The van der Waals surface area contributed by atoms with Gasteiger partial charge in [-0.1, -0.05) is 26.8 Å². The molecule has 1 aliphatic heterocycles. The second kappa shape index (κ2) is 8.41. The Balaban J connectivity index is 0.00000264. The first-order valence-corrected chi connectivity index (χ1v) is 7.85. The van der Waals surface area contributed by atoms with Crippen LogP contribution in [0.5, 0.6) is 11.5 Å². The normalized spacial score (nSPS) is 17.0. The van der Waals surface area contributed by atoms with Crippen molar-refractivity contribution in [1.82, 2.24) is 5.32 Å². The molecule has 0 aromatic heterocycles. The number of fused-ring (bicyclic) bond motifs is 1. The van der Waals surface area contributed by atoms with Crippen molar-refractivity contribution in [2.75, 3.05) is 13.2 Å². The Bertz CT molecular complexity index is 535. The molecule has 0 bridgehead atoms. The third kappa shape index (κ3) is 4.75. The summed E-state index contributed by atoms with van der Waals surface area (Å²) in [5.74, 6) is 1.51. The monoisotopic (exact) mass is 342 g/mol. The van der Waals surface area contributed by atoms with Crippen LogP contribution in [0.4, 0.5) is 0 Å². The summed E-state index contributed by atoms with van der Waals surface area (Å²) in [4.78, 5) is 12.3. The van der Waals surface area contributed by atoms with E-state index in [1.54, 1.807) is 0 Å². The van der Waals surface area contributed by atoms with Crippen LogP contribution in [-0.2, 0) is 4.79 Å². The Morgan fingerprint density at radius 3 is 2.30 bits per heavy atom. The highest BCUT2D eigenvalue weighted by atomic mass is 35.5. The van der Waals surface area contributed by atoms with Crippen molar-refractivity contribution >= 4 is 18.3 Å². The molecule has 0 aliphatic carbocycles. The minimum atomic E-state index is -0.224. The summed E-state index contributed by atoms with van der Waals surface area (Å²) in [5, 5.41) is 3.11. The predicted molar refractivity (Wildman–Crippen MR) is 93.2 cm³/mol. The third-order valence-electron chi connectivity index (χ3n) is 4.09. The first-order valence-electron chi connectivity index (χ1n) is 7.85. The van der Waals surface area contributed by atoms with Crippen molar-refractivity contribution < 1.29 is 14.3 Å². The average Bonchev–Trinajstić information content (AvgIpc) is 2.50. The highest BCUT2D eigenvalue weighted by Gasteiger charge is 2.24. The molecule has 2 rings (SSSR count). The Morgan fingerprint density at radius 2 is 1.74 bits per heavy atom. The minimum absolute atomic E-state index is 0.